The molecule has 0 spiro atoms. The zero-order chi connectivity index (χ0) is 24.0. The van der Waals surface area contributed by atoms with Crippen LogP contribution in [0.5, 0.6) is 5.75 Å². The summed E-state index contributed by atoms with van der Waals surface area (Å²) in [5.41, 5.74) is 1.98. The van der Waals surface area contributed by atoms with E-state index >= 15 is 0 Å². The Bertz CT molecular complexity index is 1090. The van der Waals surface area contributed by atoms with Crippen molar-refractivity contribution >= 4 is 5.91 Å². The van der Waals surface area contributed by atoms with Gasteiger partial charge < -0.3 is 14.2 Å². The molecule has 0 saturated carbocycles. The molecule has 0 radical (unpaired) electrons. The minimum Gasteiger partial charge on any atom is -0.497 e. The molecule has 2 aliphatic rings. The number of amides is 1. The molecular formula is C27H33N5O3. The predicted octanol–water partition coefficient (Wildman–Crippen LogP) is 3.62. The second-order valence-electron chi connectivity index (χ2n) is 9.25. The van der Waals surface area contributed by atoms with Gasteiger partial charge in [-0.15, -0.1) is 0 Å². The molecule has 2 saturated heterocycles. The topological polar surface area (TPSA) is 74.9 Å². The normalized spacial score (nSPS) is 18.4. The summed E-state index contributed by atoms with van der Waals surface area (Å²) in [6.07, 6.45) is 3.42. The molecule has 2 aliphatic heterocycles. The van der Waals surface area contributed by atoms with Crippen molar-refractivity contribution in [3.05, 3.63) is 66.1 Å². The Kier molecular flexibility index (Phi) is 7.39. The lowest BCUT2D eigenvalue weighted by atomic mass is 10.0. The van der Waals surface area contributed by atoms with Crippen LogP contribution in [0, 0.1) is 0 Å². The van der Waals surface area contributed by atoms with Gasteiger partial charge in [0.05, 0.1) is 13.7 Å². The molecule has 8 nitrogen and oxygen atoms in total. The van der Waals surface area contributed by atoms with Crippen molar-refractivity contribution in [2.75, 3.05) is 46.4 Å². The molecule has 1 amide bonds. The number of methoxy groups -OCH3 is 1. The van der Waals surface area contributed by atoms with Crippen molar-refractivity contribution in [1.82, 2.24) is 24.8 Å². The SMILES string of the molecule is COc1ccc(-c2noc(CN3CCN(C(C(=O)N4CCCCC4)c4ccccc4)CC3)n2)cc1. The summed E-state index contributed by atoms with van der Waals surface area (Å²) in [5, 5.41) is 4.15. The van der Waals surface area contributed by atoms with Crippen LogP contribution in [0.25, 0.3) is 11.4 Å². The van der Waals surface area contributed by atoms with Crippen molar-refractivity contribution in [1.29, 1.82) is 0 Å². The number of ether oxygens (including phenoxy) is 1. The molecule has 1 aromatic heterocycles. The average molecular weight is 476 g/mol. The molecule has 8 heteroatoms. The van der Waals surface area contributed by atoms with Crippen molar-refractivity contribution in [3.8, 4) is 17.1 Å². The fraction of sp³-hybridized carbons (Fsp3) is 0.444. The van der Waals surface area contributed by atoms with Gasteiger partial charge in [0.2, 0.25) is 17.6 Å². The van der Waals surface area contributed by atoms with E-state index in [1.807, 2.05) is 42.5 Å². The van der Waals surface area contributed by atoms with Gasteiger partial charge in [0.1, 0.15) is 11.8 Å². The Morgan fingerprint density at radius 1 is 0.943 bits per heavy atom. The van der Waals surface area contributed by atoms with Gasteiger partial charge in [-0.25, -0.2) is 0 Å². The van der Waals surface area contributed by atoms with Crippen LogP contribution in [0.4, 0.5) is 0 Å². The first kappa shape index (κ1) is 23.5. The molecular weight excluding hydrogens is 442 g/mol. The van der Waals surface area contributed by atoms with E-state index in [-0.39, 0.29) is 11.9 Å². The first-order chi connectivity index (χ1) is 17.2. The second kappa shape index (κ2) is 11.0. The number of rotatable bonds is 7. The summed E-state index contributed by atoms with van der Waals surface area (Å²) in [7, 11) is 1.65. The van der Waals surface area contributed by atoms with Crippen LogP contribution in [0.3, 0.4) is 0 Å². The molecule has 1 unspecified atom stereocenters. The lowest BCUT2D eigenvalue weighted by molar-refractivity contribution is -0.139. The van der Waals surface area contributed by atoms with Crippen LogP contribution >= 0.6 is 0 Å². The van der Waals surface area contributed by atoms with E-state index in [0.29, 0.717) is 18.3 Å². The van der Waals surface area contributed by atoms with Gasteiger partial charge in [-0.3, -0.25) is 14.6 Å². The maximum absolute atomic E-state index is 13.6. The number of carbonyl (C=O) groups excluding carboxylic acids is 1. The number of benzene rings is 2. The van der Waals surface area contributed by atoms with Gasteiger partial charge in [0, 0.05) is 44.8 Å². The first-order valence-electron chi connectivity index (χ1n) is 12.5. The van der Waals surface area contributed by atoms with Crippen LogP contribution in [0.2, 0.25) is 0 Å². The summed E-state index contributed by atoms with van der Waals surface area (Å²) in [5.74, 6) is 2.22. The number of hydrogen-bond acceptors (Lipinski definition) is 7. The molecule has 5 rings (SSSR count). The Hall–Kier alpha value is -3.23. The van der Waals surface area contributed by atoms with Crippen molar-refractivity contribution in [2.45, 2.75) is 31.8 Å². The van der Waals surface area contributed by atoms with Crippen LogP contribution in [0.1, 0.15) is 36.8 Å². The second-order valence-corrected chi connectivity index (χ2v) is 9.25. The molecule has 1 atom stereocenters. The third-order valence-corrected chi connectivity index (χ3v) is 6.96. The summed E-state index contributed by atoms with van der Waals surface area (Å²) >= 11 is 0. The third-order valence-electron chi connectivity index (χ3n) is 6.96. The molecule has 184 valence electrons. The van der Waals surface area contributed by atoms with E-state index in [4.69, 9.17) is 9.26 Å². The van der Waals surface area contributed by atoms with E-state index in [2.05, 4.69) is 37.0 Å². The lowest BCUT2D eigenvalue weighted by Crippen LogP contribution is -2.52. The minimum atomic E-state index is -0.221. The minimum absolute atomic E-state index is 0.221. The monoisotopic (exact) mass is 475 g/mol. The number of aromatic nitrogens is 2. The van der Waals surface area contributed by atoms with E-state index in [1.165, 1.54) is 6.42 Å². The van der Waals surface area contributed by atoms with Crippen molar-refractivity contribution in [2.24, 2.45) is 0 Å². The molecule has 2 fully saturated rings. The lowest BCUT2D eigenvalue weighted by Gasteiger charge is -2.40. The average Bonchev–Trinajstić information content (AvgIpc) is 3.39. The standard InChI is InChI=1S/C27H33N5O3/c1-34-23-12-10-22(11-13-23)26-28-24(35-29-26)20-30-16-18-31(19-17-30)25(21-8-4-2-5-9-21)27(33)32-14-6-3-7-15-32/h2,4-5,8-13,25H,3,6-7,14-20H2,1H3. The molecule has 3 heterocycles. The van der Waals surface area contributed by atoms with Crippen LogP contribution in [-0.4, -0.2) is 77.1 Å². The zero-order valence-electron chi connectivity index (χ0n) is 20.3. The van der Waals surface area contributed by atoms with E-state index in [1.54, 1.807) is 7.11 Å². The summed E-state index contributed by atoms with van der Waals surface area (Å²) in [6.45, 7) is 5.67. The van der Waals surface area contributed by atoms with Gasteiger partial charge >= 0.3 is 0 Å². The Balaban J connectivity index is 1.22. The van der Waals surface area contributed by atoms with E-state index in [0.717, 1.165) is 69.0 Å². The van der Waals surface area contributed by atoms with Gasteiger partial charge in [0.15, 0.2) is 0 Å². The number of piperidine rings is 1. The first-order valence-corrected chi connectivity index (χ1v) is 12.5. The van der Waals surface area contributed by atoms with Crippen molar-refractivity contribution in [3.63, 3.8) is 0 Å². The van der Waals surface area contributed by atoms with E-state index < -0.39 is 0 Å². The predicted molar refractivity (Wildman–Crippen MR) is 133 cm³/mol. The Morgan fingerprint density at radius 3 is 2.34 bits per heavy atom. The largest absolute Gasteiger partial charge is 0.497 e. The maximum Gasteiger partial charge on any atom is 0.244 e. The smallest absolute Gasteiger partial charge is 0.244 e. The molecule has 3 aromatic rings. The highest BCUT2D eigenvalue weighted by Crippen LogP contribution is 2.27. The maximum atomic E-state index is 13.6. The fourth-order valence-corrected chi connectivity index (χ4v) is 4.98. The highest BCUT2D eigenvalue weighted by molar-refractivity contribution is 5.83. The number of carbonyl (C=O) groups is 1. The van der Waals surface area contributed by atoms with Crippen LogP contribution in [0.15, 0.2) is 59.1 Å². The zero-order valence-corrected chi connectivity index (χ0v) is 20.3. The molecule has 35 heavy (non-hydrogen) atoms. The Morgan fingerprint density at radius 2 is 1.66 bits per heavy atom. The Labute approximate surface area is 206 Å². The molecule has 0 aliphatic carbocycles. The van der Waals surface area contributed by atoms with Gasteiger partial charge in [-0.1, -0.05) is 35.5 Å². The number of nitrogens with zero attached hydrogens (tertiary/aromatic N) is 5. The number of piperazine rings is 1. The van der Waals surface area contributed by atoms with Crippen LogP contribution in [-0.2, 0) is 11.3 Å². The van der Waals surface area contributed by atoms with Gasteiger partial charge in [-0.05, 0) is 49.1 Å². The highest BCUT2D eigenvalue weighted by Gasteiger charge is 2.34. The quantitative estimate of drug-likeness (QED) is 0.517. The highest BCUT2D eigenvalue weighted by atomic mass is 16.5. The number of hydrogen-bond donors (Lipinski definition) is 0. The third kappa shape index (κ3) is 5.55. The molecule has 0 bridgehead atoms. The summed E-state index contributed by atoms with van der Waals surface area (Å²) in [4.78, 5) is 24.9. The summed E-state index contributed by atoms with van der Waals surface area (Å²) < 4.78 is 10.7. The fourth-order valence-electron chi connectivity index (χ4n) is 4.98. The number of likely N-dealkylation sites (tertiary alicyclic amines) is 1. The van der Waals surface area contributed by atoms with Crippen LogP contribution < -0.4 is 4.74 Å². The molecule has 0 N–H and O–H groups in total. The van der Waals surface area contributed by atoms with E-state index in [9.17, 15) is 4.79 Å². The molecule has 2 aromatic carbocycles. The van der Waals surface area contributed by atoms with Gasteiger partial charge in [-0.2, -0.15) is 4.98 Å². The summed E-state index contributed by atoms with van der Waals surface area (Å²) in [6, 6.07) is 17.6. The van der Waals surface area contributed by atoms with Crippen molar-refractivity contribution < 1.29 is 14.1 Å². The van der Waals surface area contributed by atoms with Gasteiger partial charge in [0.25, 0.3) is 0 Å².